The molecule has 0 unspecified atom stereocenters. The van der Waals surface area contributed by atoms with Gasteiger partial charge < -0.3 is 10.2 Å². The molecule has 1 aliphatic carbocycles. The monoisotopic (exact) mass is 288 g/mol. The van der Waals surface area contributed by atoms with Gasteiger partial charge in [-0.3, -0.25) is 0 Å². The quantitative estimate of drug-likeness (QED) is 0.876. The maximum Gasteiger partial charge on any atom is 0.0342 e. The van der Waals surface area contributed by atoms with E-state index < -0.39 is 0 Å². The summed E-state index contributed by atoms with van der Waals surface area (Å²) in [7, 11) is 4.36. The minimum Gasteiger partial charge on any atom is -0.382 e. The molecule has 0 aromatic heterocycles. The Morgan fingerprint density at radius 1 is 1.00 bits per heavy atom. The molecule has 0 atom stereocenters. The molecule has 1 N–H and O–H groups in total. The summed E-state index contributed by atoms with van der Waals surface area (Å²) >= 11 is 0. The molecular formula is C19H32N2. The average molecular weight is 288 g/mol. The fourth-order valence-electron chi connectivity index (χ4n) is 3.31. The lowest BCUT2D eigenvalue weighted by molar-refractivity contribution is 0.255. The normalized spacial score (nSPS) is 23.3. The van der Waals surface area contributed by atoms with Crippen LogP contribution in [0.5, 0.6) is 0 Å². The van der Waals surface area contributed by atoms with E-state index in [9.17, 15) is 0 Å². The topological polar surface area (TPSA) is 15.3 Å². The van der Waals surface area contributed by atoms with Crippen molar-refractivity contribution in [3.63, 3.8) is 0 Å². The molecule has 1 saturated carbocycles. The molecule has 2 nitrogen and oxygen atoms in total. The smallest absolute Gasteiger partial charge is 0.0342 e. The number of hydrogen-bond acceptors (Lipinski definition) is 2. The fraction of sp³-hybridized carbons (Fsp3) is 0.684. The maximum atomic E-state index is 3.72. The standard InChI is InChI=1S/C19H32N2/c1-19(2,3)16-8-12-18(13-9-16)20-17-10-6-15(7-11-17)14-21(4)5/h8-9,12-13,15,17,20H,6-7,10-11,14H2,1-5H3. The van der Waals surface area contributed by atoms with Crippen LogP contribution in [-0.4, -0.2) is 31.6 Å². The average Bonchev–Trinajstić information content (AvgIpc) is 2.40. The Morgan fingerprint density at radius 2 is 1.57 bits per heavy atom. The second-order valence-electron chi connectivity index (χ2n) is 7.95. The molecule has 0 saturated heterocycles. The summed E-state index contributed by atoms with van der Waals surface area (Å²) in [4.78, 5) is 2.32. The molecule has 118 valence electrons. The van der Waals surface area contributed by atoms with Crippen molar-refractivity contribution in [3.05, 3.63) is 29.8 Å². The number of hydrogen-bond donors (Lipinski definition) is 1. The first-order valence-electron chi connectivity index (χ1n) is 8.36. The molecule has 1 aromatic carbocycles. The van der Waals surface area contributed by atoms with E-state index in [2.05, 4.69) is 69.3 Å². The molecule has 21 heavy (non-hydrogen) atoms. The van der Waals surface area contributed by atoms with Crippen LogP contribution in [0.4, 0.5) is 5.69 Å². The van der Waals surface area contributed by atoms with Gasteiger partial charge in [0.2, 0.25) is 0 Å². The summed E-state index contributed by atoms with van der Waals surface area (Å²) in [6, 6.07) is 9.67. The fourth-order valence-corrected chi connectivity index (χ4v) is 3.31. The molecule has 0 spiro atoms. The second-order valence-corrected chi connectivity index (χ2v) is 7.95. The SMILES string of the molecule is CN(C)CC1CCC(Nc2ccc(C(C)(C)C)cc2)CC1. The molecule has 0 amide bonds. The van der Waals surface area contributed by atoms with Crippen molar-refractivity contribution in [1.82, 2.24) is 4.90 Å². The zero-order valence-corrected chi connectivity index (χ0v) is 14.4. The van der Waals surface area contributed by atoms with Gasteiger partial charge in [0, 0.05) is 18.3 Å². The Balaban J connectivity index is 1.83. The van der Waals surface area contributed by atoms with Crippen molar-refractivity contribution < 1.29 is 0 Å². The summed E-state index contributed by atoms with van der Waals surface area (Å²) in [5.74, 6) is 0.890. The van der Waals surface area contributed by atoms with Crippen LogP contribution in [0.15, 0.2) is 24.3 Å². The maximum absolute atomic E-state index is 3.72. The van der Waals surface area contributed by atoms with Gasteiger partial charge in [0.05, 0.1) is 0 Å². The molecule has 2 heteroatoms. The van der Waals surface area contributed by atoms with Gasteiger partial charge in [0.1, 0.15) is 0 Å². The van der Waals surface area contributed by atoms with Crippen LogP contribution in [0.2, 0.25) is 0 Å². The van der Waals surface area contributed by atoms with Gasteiger partial charge in [-0.25, -0.2) is 0 Å². The summed E-state index contributed by atoms with van der Waals surface area (Å²) in [6.07, 6.45) is 5.32. The lowest BCUT2D eigenvalue weighted by atomic mass is 9.85. The van der Waals surface area contributed by atoms with E-state index in [1.807, 2.05) is 0 Å². The molecule has 0 heterocycles. The highest BCUT2D eigenvalue weighted by Crippen LogP contribution is 2.28. The molecule has 0 radical (unpaired) electrons. The highest BCUT2D eigenvalue weighted by molar-refractivity contribution is 5.46. The van der Waals surface area contributed by atoms with Crippen molar-refractivity contribution >= 4 is 5.69 Å². The van der Waals surface area contributed by atoms with E-state index >= 15 is 0 Å². The predicted molar refractivity (Wildman–Crippen MR) is 93.1 cm³/mol. The van der Waals surface area contributed by atoms with Gasteiger partial charge in [-0.15, -0.1) is 0 Å². The molecular weight excluding hydrogens is 256 g/mol. The number of anilines is 1. The third-order valence-corrected chi connectivity index (χ3v) is 4.59. The first-order valence-corrected chi connectivity index (χ1v) is 8.36. The largest absolute Gasteiger partial charge is 0.382 e. The zero-order chi connectivity index (χ0) is 15.5. The van der Waals surface area contributed by atoms with Crippen molar-refractivity contribution in [2.24, 2.45) is 5.92 Å². The summed E-state index contributed by atoms with van der Waals surface area (Å²) in [6.45, 7) is 8.04. The number of nitrogens with zero attached hydrogens (tertiary/aromatic N) is 1. The predicted octanol–water partition coefficient (Wildman–Crippen LogP) is 4.52. The second kappa shape index (κ2) is 6.83. The highest BCUT2D eigenvalue weighted by Gasteiger charge is 2.21. The van der Waals surface area contributed by atoms with E-state index in [4.69, 9.17) is 0 Å². The van der Waals surface area contributed by atoms with Crippen LogP contribution in [0.3, 0.4) is 0 Å². The molecule has 1 fully saturated rings. The lowest BCUT2D eigenvalue weighted by Gasteiger charge is -2.31. The van der Waals surface area contributed by atoms with E-state index in [0.29, 0.717) is 6.04 Å². The minimum absolute atomic E-state index is 0.239. The van der Waals surface area contributed by atoms with Crippen LogP contribution < -0.4 is 5.32 Å². The molecule has 0 aliphatic heterocycles. The van der Waals surface area contributed by atoms with Crippen LogP contribution in [0, 0.1) is 5.92 Å². The van der Waals surface area contributed by atoms with E-state index in [-0.39, 0.29) is 5.41 Å². The molecule has 1 aromatic rings. The van der Waals surface area contributed by atoms with Gasteiger partial charge >= 0.3 is 0 Å². The van der Waals surface area contributed by atoms with Gasteiger partial charge in [0.15, 0.2) is 0 Å². The van der Waals surface area contributed by atoms with Crippen molar-refractivity contribution in [2.75, 3.05) is 26.0 Å². The molecule has 1 aliphatic rings. The Morgan fingerprint density at radius 3 is 2.05 bits per heavy atom. The minimum atomic E-state index is 0.239. The van der Waals surface area contributed by atoms with Crippen molar-refractivity contribution in [2.45, 2.75) is 57.9 Å². The first-order chi connectivity index (χ1) is 9.84. The summed E-state index contributed by atoms with van der Waals surface area (Å²) < 4.78 is 0. The van der Waals surface area contributed by atoms with E-state index in [1.54, 1.807) is 0 Å². The van der Waals surface area contributed by atoms with Crippen molar-refractivity contribution in [1.29, 1.82) is 0 Å². The van der Waals surface area contributed by atoms with Gasteiger partial charge in [-0.05, 0) is 68.8 Å². The zero-order valence-electron chi connectivity index (χ0n) is 14.4. The number of nitrogens with one attached hydrogen (secondary N) is 1. The Kier molecular flexibility index (Phi) is 5.32. The lowest BCUT2D eigenvalue weighted by Crippen LogP contribution is -2.30. The van der Waals surface area contributed by atoms with Crippen LogP contribution in [0.25, 0.3) is 0 Å². The molecule has 2 rings (SSSR count). The third-order valence-electron chi connectivity index (χ3n) is 4.59. The van der Waals surface area contributed by atoms with Gasteiger partial charge in [0.25, 0.3) is 0 Å². The number of rotatable bonds is 4. The Labute approximate surface area is 130 Å². The highest BCUT2D eigenvalue weighted by atomic mass is 15.1. The number of benzene rings is 1. The molecule has 0 bridgehead atoms. The van der Waals surface area contributed by atoms with Crippen molar-refractivity contribution in [3.8, 4) is 0 Å². The summed E-state index contributed by atoms with van der Waals surface area (Å²) in [5, 5.41) is 3.72. The Bertz CT molecular complexity index is 420. The van der Waals surface area contributed by atoms with Crippen LogP contribution >= 0.6 is 0 Å². The van der Waals surface area contributed by atoms with Crippen LogP contribution in [0.1, 0.15) is 52.0 Å². The third kappa shape index (κ3) is 5.03. The Hall–Kier alpha value is -1.02. The van der Waals surface area contributed by atoms with E-state index in [0.717, 1.165) is 5.92 Å². The van der Waals surface area contributed by atoms with Gasteiger partial charge in [-0.2, -0.15) is 0 Å². The van der Waals surface area contributed by atoms with Crippen LogP contribution in [-0.2, 0) is 5.41 Å². The van der Waals surface area contributed by atoms with E-state index in [1.165, 1.54) is 43.5 Å². The summed E-state index contributed by atoms with van der Waals surface area (Å²) in [5.41, 5.74) is 2.92. The first kappa shape index (κ1) is 16.4. The van der Waals surface area contributed by atoms with Gasteiger partial charge in [-0.1, -0.05) is 32.9 Å².